The molecule has 1 amide bonds. The summed E-state index contributed by atoms with van der Waals surface area (Å²) in [7, 11) is 0. The summed E-state index contributed by atoms with van der Waals surface area (Å²) < 4.78 is 4.92. The molecule has 1 aromatic carbocycles. The molecule has 7 nitrogen and oxygen atoms in total. The number of aromatic carboxylic acids is 1. The van der Waals surface area contributed by atoms with Crippen LogP contribution in [0.15, 0.2) is 28.8 Å². The van der Waals surface area contributed by atoms with Crippen molar-refractivity contribution < 1.29 is 19.2 Å². The van der Waals surface area contributed by atoms with E-state index in [0.29, 0.717) is 11.7 Å². The highest BCUT2D eigenvalue weighted by molar-refractivity contribution is 5.87. The van der Waals surface area contributed by atoms with E-state index in [-0.39, 0.29) is 17.9 Å². The van der Waals surface area contributed by atoms with Gasteiger partial charge in [0.2, 0.25) is 11.8 Å². The fourth-order valence-corrected chi connectivity index (χ4v) is 1.95. The highest BCUT2D eigenvalue weighted by atomic mass is 16.5. The third-order valence-electron chi connectivity index (χ3n) is 3.10. The molecule has 0 saturated heterocycles. The molecule has 0 radical (unpaired) electrons. The first-order chi connectivity index (χ1) is 10.3. The minimum absolute atomic E-state index is 0.139. The van der Waals surface area contributed by atoms with Crippen LogP contribution in [-0.2, 0) is 16.8 Å². The lowest BCUT2D eigenvalue weighted by molar-refractivity contribution is -0.122. The van der Waals surface area contributed by atoms with E-state index in [1.165, 1.54) is 12.1 Å². The first-order valence-corrected chi connectivity index (χ1v) is 6.72. The Morgan fingerprint density at radius 2 is 1.91 bits per heavy atom. The molecule has 0 aliphatic rings. The van der Waals surface area contributed by atoms with E-state index in [1.54, 1.807) is 32.9 Å². The normalized spacial score (nSPS) is 11.2. The van der Waals surface area contributed by atoms with Crippen molar-refractivity contribution >= 4 is 11.9 Å². The van der Waals surface area contributed by atoms with Crippen molar-refractivity contribution in [3.05, 3.63) is 47.1 Å². The monoisotopic (exact) mass is 303 g/mol. The lowest BCUT2D eigenvalue weighted by Gasteiger charge is -2.22. The maximum atomic E-state index is 12.1. The van der Waals surface area contributed by atoms with Gasteiger partial charge in [0.15, 0.2) is 5.82 Å². The van der Waals surface area contributed by atoms with Crippen LogP contribution in [0.1, 0.15) is 41.5 Å². The van der Waals surface area contributed by atoms with Crippen molar-refractivity contribution in [2.24, 2.45) is 0 Å². The van der Waals surface area contributed by atoms with Crippen molar-refractivity contribution in [3.8, 4) is 0 Å². The third kappa shape index (κ3) is 3.69. The summed E-state index contributed by atoms with van der Waals surface area (Å²) in [4.78, 5) is 27.0. The molecule has 0 fully saturated rings. The molecule has 1 heterocycles. The third-order valence-corrected chi connectivity index (χ3v) is 3.10. The molecule has 0 saturated carbocycles. The van der Waals surface area contributed by atoms with Crippen LogP contribution in [0.4, 0.5) is 0 Å². The number of rotatable bonds is 5. The van der Waals surface area contributed by atoms with Crippen LogP contribution in [0.2, 0.25) is 0 Å². The predicted octanol–water partition coefficient (Wildman–Crippen LogP) is 1.67. The van der Waals surface area contributed by atoms with E-state index in [4.69, 9.17) is 9.63 Å². The number of amides is 1. The van der Waals surface area contributed by atoms with Gasteiger partial charge in [-0.1, -0.05) is 17.3 Å². The SMILES string of the molecule is Cc1nc(C(C)(C)NC(=O)Cc2ccc(C(=O)O)cc2)no1. The molecular formula is C15H17N3O4. The summed E-state index contributed by atoms with van der Waals surface area (Å²) in [5.41, 5.74) is 0.157. The number of hydrogen-bond donors (Lipinski definition) is 2. The van der Waals surface area contributed by atoms with Crippen LogP contribution in [0.25, 0.3) is 0 Å². The van der Waals surface area contributed by atoms with E-state index in [1.807, 2.05) is 0 Å². The van der Waals surface area contributed by atoms with Gasteiger partial charge in [0.25, 0.3) is 0 Å². The number of carboxylic acids is 1. The summed E-state index contributed by atoms with van der Waals surface area (Å²) in [5, 5.41) is 15.5. The summed E-state index contributed by atoms with van der Waals surface area (Å²) >= 11 is 0. The van der Waals surface area contributed by atoms with Gasteiger partial charge in [0.05, 0.1) is 17.5 Å². The second-order valence-corrected chi connectivity index (χ2v) is 5.49. The van der Waals surface area contributed by atoms with Gasteiger partial charge in [-0.3, -0.25) is 4.79 Å². The van der Waals surface area contributed by atoms with Gasteiger partial charge in [-0.25, -0.2) is 4.79 Å². The van der Waals surface area contributed by atoms with Gasteiger partial charge in [-0.15, -0.1) is 0 Å². The lowest BCUT2D eigenvalue weighted by atomic mass is 10.0. The molecule has 0 bridgehead atoms. The molecule has 7 heteroatoms. The molecule has 0 atom stereocenters. The number of carbonyl (C=O) groups is 2. The zero-order valence-corrected chi connectivity index (χ0v) is 12.6. The molecule has 0 spiro atoms. The molecular weight excluding hydrogens is 286 g/mol. The van der Waals surface area contributed by atoms with Crippen molar-refractivity contribution in [2.75, 3.05) is 0 Å². The Morgan fingerprint density at radius 3 is 2.41 bits per heavy atom. The molecule has 0 aliphatic heterocycles. The Balaban J connectivity index is 2.01. The summed E-state index contributed by atoms with van der Waals surface area (Å²) in [6.45, 7) is 5.24. The van der Waals surface area contributed by atoms with Crippen LogP contribution in [0.3, 0.4) is 0 Å². The number of benzene rings is 1. The minimum atomic E-state index is -0.996. The van der Waals surface area contributed by atoms with Crippen LogP contribution in [-0.4, -0.2) is 27.1 Å². The number of aromatic nitrogens is 2. The molecule has 116 valence electrons. The average Bonchev–Trinajstić information content (AvgIpc) is 2.86. The van der Waals surface area contributed by atoms with Crippen molar-refractivity contribution in [1.29, 1.82) is 0 Å². The van der Waals surface area contributed by atoms with Crippen LogP contribution in [0, 0.1) is 6.92 Å². The number of hydrogen-bond acceptors (Lipinski definition) is 5. The molecule has 0 aliphatic carbocycles. The van der Waals surface area contributed by atoms with Crippen LogP contribution >= 0.6 is 0 Å². The Hall–Kier alpha value is -2.70. The summed E-state index contributed by atoms with van der Waals surface area (Å²) in [6.07, 6.45) is 0.139. The molecule has 2 N–H and O–H groups in total. The number of nitrogens with zero attached hydrogens (tertiary/aromatic N) is 2. The molecule has 1 aromatic heterocycles. The van der Waals surface area contributed by atoms with Gasteiger partial charge in [0, 0.05) is 6.92 Å². The average molecular weight is 303 g/mol. The van der Waals surface area contributed by atoms with E-state index < -0.39 is 11.5 Å². The summed E-state index contributed by atoms with van der Waals surface area (Å²) in [6, 6.07) is 6.18. The number of carbonyl (C=O) groups excluding carboxylic acids is 1. The standard InChI is InChI=1S/C15H17N3O4/c1-9-16-14(18-22-9)15(2,3)17-12(19)8-10-4-6-11(7-5-10)13(20)21/h4-7H,8H2,1-3H3,(H,17,19)(H,20,21). The zero-order valence-electron chi connectivity index (χ0n) is 12.6. The first kappa shape index (κ1) is 15.7. The van der Waals surface area contributed by atoms with Gasteiger partial charge in [0.1, 0.15) is 0 Å². The number of carboxylic acid groups (broad SMARTS) is 1. The van der Waals surface area contributed by atoms with Crippen molar-refractivity contribution in [1.82, 2.24) is 15.5 Å². The second kappa shape index (κ2) is 5.97. The minimum Gasteiger partial charge on any atom is -0.478 e. The predicted molar refractivity (Wildman–Crippen MR) is 77.3 cm³/mol. The summed E-state index contributed by atoms with van der Waals surface area (Å²) in [5.74, 6) is -0.374. The molecule has 2 aromatic rings. The maximum Gasteiger partial charge on any atom is 0.335 e. The van der Waals surface area contributed by atoms with Crippen molar-refractivity contribution in [2.45, 2.75) is 32.7 Å². The lowest BCUT2D eigenvalue weighted by Crippen LogP contribution is -2.42. The quantitative estimate of drug-likeness (QED) is 0.870. The van der Waals surface area contributed by atoms with Gasteiger partial charge in [-0.2, -0.15) is 4.98 Å². The van der Waals surface area contributed by atoms with Crippen LogP contribution in [0.5, 0.6) is 0 Å². The van der Waals surface area contributed by atoms with Crippen LogP contribution < -0.4 is 5.32 Å². The van der Waals surface area contributed by atoms with Crippen molar-refractivity contribution in [3.63, 3.8) is 0 Å². The largest absolute Gasteiger partial charge is 0.478 e. The maximum absolute atomic E-state index is 12.1. The van der Waals surface area contributed by atoms with Gasteiger partial charge >= 0.3 is 5.97 Å². The number of aryl methyl sites for hydroxylation is 1. The Labute approximate surface area is 127 Å². The van der Waals surface area contributed by atoms with E-state index >= 15 is 0 Å². The Morgan fingerprint density at radius 1 is 1.27 bits per heavy atom. The zero-order chi connectivity index (χ0) is 16.3. The van der Waals surface area contributed by atoms with E-state index in [9.17, 15) is 9.59 Å². The molecule has 0 unspecified atom stereocenters. The first-order valence-electron chi connectivity index (χ1n) is 6.72. The molecule has 22 heavy (non-hydrogen) atoms. The molecule has 2 rings (SSSR count). The fourth-order valence-electron chi connectivity index (χ4n) is 1.95. The highest BCUT2D eigenvalue weighted by Gasteiger charge is 2.28. The fraction of sp³-hybridized carbons (Fsp3) is 0.333. The van der Waals surface area contributed by atoms with E-state index in [0.717, 1.165) is 5.56 Å². The van der Waals surface area contributed by atoms with Gasteiger partial charge in [-0.05, 0) is 31.5 Å². The number of nitrogens with one attached hydrogen (secondary N) is 1. The second-order valence-electron chi connectivity index (χ2n) is 5.49. The highest BCUT2D eigenvalue weighted by Crippen LogP contribution is 2.16. The Kier molecular flexibility index (Phi) is 4.25. The van der Waals surface area contributed by atoms with Gasteiger partial charge < -0.3 is 14.9 Å². The topological polar surface area (TPSA) is 105 Å². The van der Waals surface area contributed by atoms with E-state index in [2.05, 4.69) is 15.5 Å². The smallest absolute Gasteiger partial charge is 0.335 e. The Bertz CT molecular complexity index is 689.